The first kappa shape index (κ1) is 124. The van der Waals surface area contributed by atoms with Crippen molar-refractivity contribution in [3.8, 4) is 0 Å². The highest BCUT2D eigenvalue weighted by molar-refractivity contribution is 5.88. The maximum atomic E-state index is 13.1. The maximum absolute atomic E-state index is 13.1. The lowest BCUT2D eigenvalue weighted by Gasteiger charge is -2.60. The zero-order valence-corrected chi connectivity index (χ0v) is 94.4. The van der Waals surface area contributed by atoms with Crippen LogP contribution in [0.15, 0.2) is 0 Å². The summed E-state index contributed by atoms with van der Waals surface area (Å²) in [5.74, 6) is 6.54. The molecule has 0 aliphatic heterocycles. The quantitative estimate of drug-likeness (QED) is 0.0185. The van der Waals surface area contributed by atoms with E-state index in [4.69, 9.17) is 66.3 Å². The number of Topliss-reactive ketones (excluding diaryl/α,β-unsaturated/α-hetero) is 2. The van der Waals surface area contributed by atoms with Crippen molar-refractivity contribution in [2.75, 3.05) is 54.2 Å². The molecule has 856 valence electrons. The number of hydrogen-bond donors (Lipinski definition) is 0. The predicted octanol–water partition coefficient (Wildman–Crippen LogP) is 27.6. The predicted molar refractivity (Wildman–Crippen MR) is 540 cm³/mol. The average Bonchev–Trinajstić information content (AvgIpc) is 0.669. The van der Waals surface area contributed by atoms with E-state index in [9.17, 15) is 82.7 Å². The topological polar surface area (TPSA) is 283 Å². The average molecular weight is 2130 g/mol. The van der Waals surface area contributed by atoms with Gasteiger partial charge in [-0.3, -0.25) is 43.2 Å². The highest BCUT2D eigenvalue weighted by Crippen LogP contribution is 2.66. The molecule has 22 aliphatic rings. The molecular formula is C117H187F9O23. The number of carbonyl (C=O) groups is 9. The summed E-state index contributed by atoms with van der Waals surface area (Å²) in [5.41, 5.74) is -9.94. The van der Waals surface area contributed by atoms with Crippen molar-refractivity contribution in [1.82, 2.24) is 0 Å². The number of halogens is 9. The minimum atomic E-state index is -4.68. The molecule has 0 aromatic heterocycles. The van der Waals surface area contributed by atoms with E-state index in [2.05, 4.69) is 41.5 Å². The molecule has 0 aromatic carbocycles. The Hall–Kier alpha value is -5.28. The minimum Gasteiger partial charge on any atom is -0.438 e. The molecule has 149 heavy (non-hydrogen) atoms. The molecule has 22 rings (SSSR count). The van der Waals surface area contributed by atoms with Crippen LogP contribution in [-0.4, -0.2) is 160 Å². The first-order valence-corrected chi connectivity index (χ1v) is 57.4. The van der Waals surface area contributed by atoms with Gasteiger partial charge in [0.2, 0.25) is 0 Å². The molecule has 0 saturated heterocycles. The van der Waals surface area contributed by atoms with Gasteiger partial charge in [-0.25, -0.2) is 0 Å². The van der Waals surface area contributed by atoms with Crippen LogP contribution in [0.5, 0.6) is 0 Å². The standard InChI is InChI=1S/C19H29F3O3.C18H25F3O4.C18H27F3O3.C18H30O3.C17H26O4.C14H26O3.C13H24O3/c1-4-17(3,19(20,21)22)16(23)25-11-24-10-18-8-13-5-14(9-18)7-15(6-13)12(18)2;1-4-16(2,18(19,20)21)15(23)24-9-25-17(3)12-6-10-5-11(8-12)14(22)13(17)7-10;1-4-16(2,18(19,20)21)15(22)23-10-24-17(3)13-6-11-5-12(8-13)9-14(17)7-11;1-5-17(2,3)16(19)20-11-21-18(4)14-7-12-6-13(9-14)10-15(18)8-12;1-4-10(2)16(19)20-9-21-17(3)13-6-11-5-12(8-13)15(18)14(17)7-11;1-5-13(2,3)12(15)16-11-17-14(4)9-7-6-8-10-14;1-4-11(2)12(14)15-10-16-13(3)8-6-5-7-9-13/h12-15H,4-11H2,1-3H3;10-13H,4-9H2,1-3H3;11-14H,4-10H2,1-3H3;12-15H,5-11H2,1-4H3;10-14H,4-9H2,1-3H3;5-11H2,1-4H3;11H,4-10H2,1-3H3. The molecule has 23 nitrogen and oxygen atoms in total. The van der Waals surface area contributed by atoms with E-state index in [-0.39, 0.29) is 153 Å². The fraction of sp³-hybridized carbons (Fsp3) is 0.923. The second-order valence-corrected chi connectivity index (χ2v) is 52.2. The lowest BCUT2D eigenvalue weighted by atomic mass is 9.46. The van der Waals surface area contributed by atoms with Crippen molar-refractivity contribution >= 4 is 53.4 Å². The van der Waals surface area contributed by atoms with E-state index in [0.29, 0.717) is 59.7 Å². The van der Waals surface area contributed by atoms with Crippen LogP contribution in [-0.2, 0) is 109 Å². The van der Waals surface area contributed by atoms with Crippen LogP contribution in [0.2, 0.25) is 0 Å². The lowest BCUT2D eigenvalue weighted by Crippen LogP contribution is -2.62. The summed E-state index contributed by atoms with van der Waals surface area (Å²) < 4.78 is 194. The summed E-state index contributed by atoms with van der Waals surface area (Å²) in [6, 6.07) is 0. The smallest absolute Gasteiger partial charge is 0.404 e. The SMILES string of the molecule is CCC(C)(C(=O)OCOC1(C)C2CC3CC(C2)C(=O)C1C3)C(F)(F)F.CCC(C)(C(=O)OCOC1(C)C2CC3CC(C2)CC1C3)C(F)(F)F.CCC(C)(C(=O)OCOCC12CC3CC(CC(C3)C1C)C2)C(F)(F)F.CCC(C)(C)C(=O)OCOC1(C)C2CC3CC(C2)CC1C3.CCC(C)(C)C(=O)OCOC1(C)CCCCC1.CCC(C)C(=O)OCOC1(C)C2CC3CC(C2)C(=O)C1C3.CCC(C)C(=O)OCOC1(C)CCCCC1. The first-order chi connectivity index (χ1) is 69.5. The highest BCUT2D eigenvalue weighted by atomic mass is 19.4. The van der Waals surface area contributed by atoms with Gasteiger partial charge in [0.15, 0.2) is 63.8 Å². The third-order valence-electron chi connectivity index (χ3n) is 42.0. The molecule has 22 saturated carbocycles. The van der Waals surface area contributed by atoms with Gasteiger partial charge in [-0.15, -0.1) is 0 Å². The second kappa shape index (κ2) is 49.9. The maximum Gasteiger partial charge on any atom is 0.404 e. The van der Waals surface area contributed by atoms with E-state index >= 15 is 0 Å². The van der Waals surface area contributed by atoms with E-state index in [1.807, 2.05) is 76.2 Å². The molecule has 0 amide bonds. The minimum absolute atomic E-state index is 0.0102. The van der Waals surface area contributed by atoms with Crippen molar-refractivity contribution in [3.63, 3.8) is 0 Å². The Balaban J connectivity index is 0.000000166. The molecule has 18 unspecified atom stereocenters. The summed E-state index contributed by atoms with van der Waals surface area (Å²) in [7, 11) is 0. The number of ether oxygens (including phenoxy) is 14. The van der Waals surface area contributed by atoms with Gasteiger partial charge in [-0.2, -0.15) is 39.5 Å². The summed E-state index contributed by atoms with van der Waals surface area (Å²) >= 11 is 0. The van der Waals surface area contributed by atoms with Crippen molar-refractivity contribution in [2.45, 2.75) is 468 Å². The van der Waals surface area contributed by atoms with Crippen LogP contribution < -0.4 is 0 Å². The Morgan fingerprint density at radius 1 is 0.315 bits per heavy atom. The number of rotatable bonds is 36. The Labute approximate surface area is 883 Å². The Bertz CT molecular complexity index is 4370. The number of alkyl halides is 9. The Kier molecular flexibility index (Phi) is 41.5. The second-order valence-electron chi connectivity index (χ2n) is 52.2. The van der Waals surface area contributed by atoms with Crippen LogP contribution in [0.4, 0.5) is 39.5 Å². The van der Waals surface area contributed by atoms with Crippen LogP contribution in [0, 0.1) is 163 Å². The molecule has 0 spiro atoms. The van der Waals surface area contributed by atoms with E-state index in [1.165, 1.54) is 117 Å². The molecule has 22 fully saturated rings. The van der Waals surface area contributed by atoms with Gasteiger partial charge in [0, 0.05) is 23.7 Å². The van der Waals surface area contributed by atoms with E-state index in [0.717, 1.165) is 203 Å². The molecule has 18 atom stereocenters. The molecule has 20 bridgehead atoms. The van der Waals surface area contributed by atoms with Gasteiger partial charge in [0.1, 0.15) is 11.6 Å². The van der Waals surface area contributed by atoms with Crippen LogP contribution in [0.1, 0.15) is 416 Å². The fourth-order valence-corrected chi connectivity index (χ4v) is 29.3. The normalized spacial score (nSPS) is 36.1. The summed E-state index contributed by atoms with van der Waals surface area (Å²) in [6.07, 6.45) is 26.3. The van der Waals surface area contributed by atoms with Crippen molar-refractivity contribution < 1.29 is 149 Å². The first-order valence-electron chi connectivity index (χ1n) is 57.4. The number of hydrogen-bond acceptors (Lipinski definition) is 23. The van der Waals surface area contributed by atoms with Crippen molar-refractivity contribution in [2.24, 2.45) is 163 Å². The highest BCUT2D eigenvalue weighted by Gasteiger charge is 2.66. The largest absolute Gasteiger partial charge is 0.438 e. The summed E-state index contributed by atoms with van der Waals surface area (Å²) in [4.78, 5) is 108. The van der Waals surface area contributed by atoms with Gasteiger partial charge in [-0.1, -0.05) is 108 Å². The third kappa shape index (κ3) is 28.2. The van der Waals surface area contributed by atoms with E-state index in [1.54, 1.807) is 0 Å². The zero-order valence-electron chi connectivity index (χ0n) is 94.4. The summed E-state index contributed by atoms with van der Waals surface area (Å²) in [6.45, 7) is 40.1. The molecule has 22 aliphatic carbocycles. The number of esters is 7. The lowest BCUT2D eigenvalue weighted by molar-refractivity contribution is -0.254. The molecular weight excluding hydrogens is 1940 g/mol. The number of ketones is 2. The molecule has 0 heterocycles. The molecule has 0 radical (unpaired) electrons. The van der Waals surface area contributed by atoms with Crippen LogP contribution in [0.25, 0.3) is 0 Å². The Morgan fingerprint density at radius 3 is 0.886 bits per heavy atom. The van der Waals surface area contributed by atoms with Gasteiger partial charge >= 0.3 is 60.3 Å². The monoisotopic (exact) mass is 2130 g/mol. The zero-order chi connectivity index (χ0) is 110. The van der Waals surface area contributed by atoms with Crippen LogP contribution in [0.3, 0.4) is 0 Å². The van der Waals surface area contributed by atoms with Crippen molar-refractivity contribution in [1.29, 1.82) is 0 Å². The number of carbonyl (C=O) groups excluding carboxylic acids is 9. The van der Waals surface area contributed by atoms with Crippen LogP contribution >= 0.6 is 0 Å². The summed E-state index contributed by atoms with van der Waals surface area (Å²) in [5, 5.41) is 0. The van der Waals surface area contributed by atoms with Gasteiger partial charge in [0.05, 0.1) is 62.9 Å². The third-order valence-corrected chi connectivity index (χ3v) is 42.0. The van der Waals surface area contributed by atoms with Crippen molar-refractivity contribution in [3.05, 3.63) is 0 Å². The van der Waals surface area contributed by atoms with Gasteiger partial charge in [-0.05, 0) is 408 Å². The molecule has 32 heteroatoms. The van der Waals surface area contributed by atoms with E-state index < -0.39 is 87.9 Å². The van der Waals surface area contributed by atoms with Gasteiger partial charge in [0.25, 0.3) is 0 Å². The molecule has 0 N–H and O–H groups in total. The van der Waals surface area contributed by atoms with Gasteiger partial charge < -0.3 is 66.3 Å². The molecule has 0 aromatic rings. The fourth-order valence-electron chi connectivity index (χ4n) is 29.3. The Morgan fingerprint density at radius 2 is 0.584 bits per heavy atom.